The number of rotatable bonds is 3. The summed E-state index contributed by atoms with van der Waals surface area (Å²) < 4.78 is 56.5. The van der Waals surface area contributed by atoms with Crippen LogP contribution in [0, 0.1) is 5.82 Å². The third-order valence-electron chi connectivity index (χ3n) is 4.59. The van der Waals surface area contributed by atoms with Gasteiger partial charge in [0, 0.05) is 18.5 Å². The molecule has 29 heavy (non-hydrogen) atoms. The molecule has 0 spiro atoms. The lowest BCUT2D eigenvalue weighted by atomic mass is 10.1. The van der Waals surface area contributed by atoms with Crippen molar-refractivity contribution in [3.05, 3.63) is 64.8 Å². The Morgan fingerprint density at radius 2 is 1.86 bits per heavy atom. The number of hydrogen-bond acceptors (Lipinski definition) is 4. The number of amides is 1. The van der Waals surface area contributed by atoms with Crippen LogP contribution in [0.4, 0.5) is 23.2 Å². The Kier molecular flexibility index (Phi) is 4.77. The second kappa shape index (κ2) is 7.14. The van der Waals surface area contributed by atoms with Gasteiger partial charge >= 0.3 is 6.18 Å². The molecule has 2 heterocycles. The zero-order valence-corrected chi connectivity index (χ0v) is 15.3. The Bertz CT molecular complexity index is 1070. The fourth-order valence-corrected chi connectivity index (χ4v) is 3.40. The monoisotopic (exact) mass is 425 g/mol. The average molecular weight is 426 g/mol. The van der Waals surface area contributed by atoms with E-state index in [0.29, 0.717) is 11.3 Å². The Labute approximate surface area is 166 Å². The van der Waals surface area contributed by atoms with Crippen LogP contribution < -0.4 is 4.90 Å². The second-order valence-electron chi connectivity index (χ2n) is 6.53. The van der Waals surface area contributed by atoms with Crippen LogP contribution >= 0.6 is 11.6 Å². The molecule has 1 aliphatic heterocycles. The van der Waals surface area contributed by atoms with Gasteiger partial charge in [-0.15, -0.1) is 0 Å². The Hall–Kier alpha value is -2.94. The molecule has 0 radical (unpaired) electrons. The predicted molar refractivity (Wildman–Crippen MR) is 95.9 cm³/mol. The molecule has 0 N–H and O–H groups in total. The van der Waals surface area contributed by atoms with Gasteiger partial charge in [-0.05, 0) is 30.3 Å². The maximum absolute atomic E-state index is 13.2. The van der Waals surface area contributed by atoms with E-state index in [1.807, 2.05) is 0 Å². The van der Waals surface area contributed by atoms with E-state index in [1.54, 1.807) is 0 Å². The van der Waals surface area contributed by atoms with Crippen LogP contribution in [0.1, 0.15) is 23.8 Å². The first-order valence-electron chi connectivity index (χ1n) is 8.49. The zero-order chi connectivity index (χ0) is 20.8. The summed E-state index contributed by atoms with van der Waals surface area (Å²) in [6.45, 7) is 0.207. The van der Waals surface area contributed by atoms with Gasteiger partial charge in [-0.25, -0.2) is 4.39 Å². The molecule has 1 atom stereocenters. The quantitative estimate of drug-likeness (QED) is 0.550. The second-order valence-corrected chi connectivity index (χ2v) is 6.94. The summed E-state index contributed by atoms with van der Waals surface area (Å²) in [6.07, 6.45) is -4.35. The highest BCUT2D eigenvalue weighted by atomic mass is 35.5. The lowest BCUT2D eigenvalue weighted by Gasteiger charge is -2.17. The fraction of sp³-hybridized carbons (Fsp3) is 0.211. The maximum Gasteiger partial charge on any atom is 0.416 e. The molecule has 1 aromatic heterocycles. The van der Waals surface area contributed by atoms with Gasteiger partial charge in [-0.3, -0.25) is 4.79 Å². The molecule has 1 fully saturated rings. The molecule has 5 nitrogen and oxygen atoms in total. The molecule has 2 aromatic carbocycles. The summed E-state index contributed by atoms with van der Waals surface area (Å²) in [6, 6.07) is 8.11. The van der Waals surface area contributed by atoms with Crippen LogP contribution in [0.2, 0.25) is 5.02 Å². The minimum Gasteiger partial charge on any atom is -0.339 e. The molecule has 0 aliphatic carbocycles. The van der Waals surface area contributed by atoms with E-state index < -0.39 is 23.5 Å². The number of carbonyl (C=O) groups excluding carboxylic acids is 1. The third kappa shape index (κ3) is 3.82. The van der Waals surface area contributed by atoms with E-state index in [1.165, 1.54) is 29.2 Å². The van der Waals surface area contributed by atoms with E-state index in [9.17, 15) is 22.4 Å². The first-order chi connectivity index (χ1) is 13.7. The van der Waals surface area contributed by atoms with Crippen LogP contribution in [0.5, 0.6) is 0 Å². The first kappa shape index (κ1) is 19.4. The van der Waals surface area contributed by atoms with Crippen molar-refractivity contribution >= 4 is 23.2 Å². The SMILES string of the molecule is O=C1CC(c2nc(-c3ccc(C(F)(F)F)cc3)no2)CN1c1ccc(F)cc1Cl. The molecule has 3 aromatic rings. The summed E-state index contributed by atoms with van der Waals surface area (Å²) in [5, 5.41) is 3.91. The zero-order valence-electron chi connectivity index (χ0n) is 14.6. The predicted octanol–water partition coefficient (Wildman–Crippen LogP) is 5.07. The smallest absolute Gasteiger partial charge is 0.339 e. The number of nitrogens with zero attached hydrogens (tertiary/aromatic N) is 3. The standard InChI is InChI=1S/C19H12ClF4N3O2/c20-14-8-13(21)5-6-15(14)27-9-11(7-16(27)28)18-25-17(26-29-18)10-1-3-12(4-2-10)19(22,23)24/h1-6,8,11H,7,9H2. The van der Waals surface area contributed by atoms with Crippen molar-refractivity contribution < 1.29 is 26.9 Å². The van der Waals surface area contributed by atoms with E-state index in [4.69, 9.17) is 16.1 Å². The number of hydrogen-bond donors (Lipinski definition) is 0. The number of benzene rings is 2. The highest BCUT2D eigenvalue weighted by molar-refractivity contribution is 6.33. The molecule has 1 aliphatic rings. The van der Waals surface area contributed by atoms with Gasteiger partial charge in [-0.2, -0.15) is 18.2 Å². The number of anilines is 1. The van der Waals surface area contributed by atoms with Crippen LogP contribution in [0.25, 0.3) is 11.4 Å². The summed E-state index contributed by atoms with van der Waals surface area (Å²) in [5.41, 5.74) is -0.0445. The Morgan fingerprint density at radius 1 is 1.14 bits per heavy atom. The van der Waals surface area contributed by atoms with Gasteiger partial charge in [0.15, 0.2) is 0 Å². The fourth-order valence-electron chi connectivity index (χ4n) is 3.13. The number of carbonyl (C=O) groups is 1. The van der Waals surface area contributed by atoms with Gasteiger partial charge in [-0.1, -0.05) is 28.9 Å². The summed E-state index contributed by atoms with van der Waals surface area (Å²) in [5.74, 6) is -0.856. The topological polar surface area (TPSA) is 59.2 Å². The van der Waals surface area contributed by atoms with Crippen molar-refractivity contribution in [1.82, 2.24) is 10.1 Å². The summed E-state index contributed by atoms with van der Waals surface area (Å²) in [4.78, 5) is 18.0. The van der Waals surface area contributed by atoms with Crippen molar-refractivity contribution in [2.45, 2.75) is 18.5 Å². The van der Waals surface area contributed by atoms with Crippen LogP contribution in [-0.2, 0) is 11.0 Å². The van der Waals surface area contributed by atoms with Crippen LogP contribution in [-0.4, -0.2) is 22.6 Å². The van der Waals surface area contributed by atoms with E-state index >= 15 is 0 Å². The van der Waals surface area contributed by atoms with Crippen molar-refractivity contribution in [2.75, 3.05) is 11.4 Å². The maximum atomic E-state index is 13.2. The highest BCUT2D eigenvalue weighted by Crippen LogP contribution is 2.36. The van der Waals surface area contributed by atoms with Crippen molar-refractivity contribution in [1.29, 1.82) is 0 Å². The van der Waals surface area contributed by atoms with Crippen molar-refractivity contribution in [2.24, 2.45) is 0 Å². The Morgan fingerprint density at radius 3 is 2.52 bits per heavy atom. The van der Waals surface area contributed by atoms with Gasteiger partial charge in [0.1, 0.15) is 5.82 Å². The lowest BCUT2D eigenvalue weighted by Crippen LogP contribution is -2.24. The summed E-state index contributed by atoms with van der Waals surface area (Å²) in [7, 11) is 0. The van der Waals surface area contributed by atoms with Crippen LogP contribution in [0.15, 0.2) is 47.0 Å². The van der Waals surface area contributed by atoms with Gasteiger partial charge in [0.05, 0.1) is 22.2 Å². The van der Waals surface area contributed by atoms with Crippen molar-refractivity contribution in [3.8, 4) is 11.4 Å². The van der Waals surface area contributed by atoms with E-state index in [2.05, 4.69) is 10.1 Å². The normalized spacial score (nSPS) is 17.2. The molecule has 4 rings (SSSR count). The van der Waals surface area contributed by atoms with E-state index in [-0.39, 0.29) is 35.6 Å². The first-order valence-corrected chi connectivity index (χ1v) is 8.87. The van der Waals surface area contributed by atoms with Crippen molar-refractivity contribution in [3.63, 3.8) is 0 Å². The van der Waals surface area contributed by atoms with Gasteiger partial charge in [0.2, 0.25) is 17.6 Å². The minimum absolute atomic E-state index is 0.0857. The van der Waals surface area contributed by atoms with Crippen LogP contribution in [0.3, 0.4) is 0 Å². The average Bonchev–Trinajstić information content (AvgIpc) is 3.28. The molecule has 1 amide bonds. The molecule has 0 bridgehead atoms. The summed E-state index contributed by atoms with van der Waals surface area (Å²) >= 11 is 6.03. The number of alkyl halides is 3. The molecule has 0 saturated carbocycles. The molecule has 1 unspecified atom stereocenters. The minimum atomic E-state index is -4.43. The molecular formula is C19H12ClF4N3O2. The molecule has 10 heteroatoms. The molecular weight excluding hydrogens is 414 g/mol. The van der Waals surface area contributed by atoms with E-state index in [0.717, 1.165) is 18.2 Å². The van der Waals surface area contributed by atoms with Gasteiger partial charge < -0.3 is 9.42 Å². The third-order valence-corrected chi connectivity index (χ3v) is 4.89. The highest BCUT2D eigenvalue weighted by Gasteiger charge is 2.36. The number of halogens is 5. The Balaban J connectivity index is 1.53. The molecule has 1 saturated heterocycles. The lowest BCUT2D eigenvalue weighted by molar-refractivity contribution is -0.137. The van der Waals surface area contributed by atoms with Gasteiger partial charge in [0.25, 0.3) is 0 Å². The molecule has 150 valence electrons. The largest absolute Gasteiger partial charge is 0.416 e. The number of aromatic nitrogens is 2.